The van der Waals surface area contributed by atoms with E-state index in [1.807, 2.05) is 6.92 Å². The first-order valence-electron chi connectivity index (χ1n) is 17.6. The Morgan fingerprint density at radius 3 is 2.26 bits per heavy atom. The quantitative estimate of drug-likeness (QED) is 0.180. The minimum Gasteiger partial charge on any atom is -0.457 e. The number of rotatable bonds is 8. The molecule has 0 bridgehead atoms. The van der Waals surface area contributed by atoms with Crippen LogP contribution in [0, 0.1) is 16.7 Å². The van der Waals surface area contributed by atoms with Crippen LogP contribution in [0.5, 0.6) is 0 Å². The normalized spacial score (nSPS) is 39.3. The van der Waals surface area contributed by atoms with E-state index in [1.165, 1.54) is 6.08 Å². The fourth-order valence-electron chi connectivity index (χ4n) is 9.00. The molecule has 4 fully saturated rings. The van der Waals surface area contributed by atoms with E-state index in [1.54, 1.807) is 20.8 Å². The molecule has 2 saturated carbocycles. The van der Waals surface area contributed by atoms with Crippen LogP contribution >= 0.6 is 0 Å². The molecule has 10 nitrogen and oxygen atoms in total. The highest BCUT2D eigenvalue weighted by atomic mass is 28.4. The van der Waals surface area contributed by atoms with Gasteiger partial charge in [-0.2, -0.15) is 0 Å². The number of nitrogens with zero attached hydrogens (tertiary/aromatic N) is 1. The van der Waals surface area contributed by atoms with Gasteiger partial charge < -0.3 is 28.5 Å². The van der Waals surface area contributed by atoms with Crippen molar-refractivity contribution < 1.29 is 42.9 Å². The summed E-state index contributed by atoms with van der Waals surface area (Å²) in [4.78, 5) is 43.9. The van der Waals surface area contributed by atoms with Gasteiger partial charge in [-0.1, -0.05) is 54.0 Å². The Balaban J connectivity index is 1.97. The first kappa shape index (κ1) is 38.0. The zero-order valence-corrected chi connectivity index (χ0v) is 31.8. The van der Waals surface area contributed by atoms with Crippen LogP contribution in [0.3, 0.4) is 0 Å². The van der Waals surface area contributed by atoms with Gasteiger partial charge in [-0.3, -0.25) is 14.5 Å². The maximum atomic E-state index is 14.7. The van der Waals surface area contributed by atoms with E-state index in [9.17, 15) is 19.5 Å². The van der Waals surface area contributed by atoms with Gasteiger partial charge in [0.2, 0.25) is 0 Å². The van der Waals surface area contributed by atoms with Crippen molar-refractivity contribution in [3.8, 4) is 0 Å². The molecule has 4 aliphatic rings. The third-order valence-corrected chi connectivity index (χ3v) is 17.0. The van der Waals surface area contributed by atoms with Gasteiger partial charge in [-0.15, -0.1) is 6.58 Å². The number of piperidine rings is 1. The molecular formula is C36H61NO9Si. The minimum absolute atomic E-state index is 0.0468. The molecule has 0 aromatic carbocycles. The van der Waals surface area contributed by atoms with Crippen molar-refractivity contribution >= 4 is 26.2 Å². The maximum absolute atomic E-state index is 14.7. The molecule has 2 aliphatic heterocycles. The van der Waals surface area contributed by atoms with Crippen LogP contribution in [0.15, 0.2) is 12.7 Å². The highest BCUT2D eigenvalue weighted by Crippen LogP contribution is 2.68. The number of aliphatic hydroxyl groups is 1. The Labute approximate surface area is 283 Å². The topological polar surface area (TPSA) is 121 Å². The summed E-state index contributed by atoms with van der Waals surface area (Å²) in [7, 11) is -2.47. The van der Waals surface area contributed by atoms with Gasteiger partial charge in [0, 0.05) is 17.8 Å². The predicted molar refractivity (Wildman–Crippen MR) is 181 cm³/mol. The molecule has 1 N–H and O–H groups in total. The van der Waals surface area contributed by atoms with Gasteiger partial charge in [0.05, 0.1) is 24.9 Å². The Morgan fingerprint density at radius 2 is 1.70 bits per heavy atom. The summed E-state index contributed by atoms with van der Waals surface area (Å²) >= 11 is 0. The van der Waals surface area contributed by atoms with Crippen molar-refractivity contribution in [3.05, 3.63) is 12.7 Å². The van der Waals surface area contributed by atoms with Crippen molar-refractivity contribution in [2.45, 2.75) is 154 Å². The molecule has 8 atom stereocenters. The summed E-state index contributed by atoms with van der Waals surface area (Å²) < 4.78 is 31.8. The summed E-state index contributed by atoms with van der Waals surface area (Å²) in [5.41, 5.74) is -7.17. The molecule has 0 radical (unpaired) electrons. The first-order valence-corrected chi connectivity index (χ1v) is 20.5. The zero-order valence-electron chi connectivity index (χ0n) is 30.8. The minimum atomic E-state index is -2.47. The summed E-state index contributed by atoms with van der Waals surface area (Å²) in [6, 6.07) is 0. The molecule has 0 aromatic rings. The summed E-state index contributed by atoms with van der Waals surface area (Å²) in [5, 5.41) is 13.2. The predicted octanol–water partition coefficient (Wildman–Crippen LogP) is 6.20. The molecule has 2 heterocycles. The lowest BCUT2D eigenvalue weighted by atomic mass is 9.39. The van der Waals surface area contributed by atoms with Crippen molar-refractivity contribution in [1.82, 2.24) is 4.90 Å². The van der Waals surface area contributed by atoms with Crippen LogP contribution in [-0.2, 0) is 33.0 Å². The van der Waals surface area contributed by atoms with Crippen LogP contribution in [-0.4, -0.2) is 97.6 Å². The van der Waals surface area contributed by atoms with Crippen molar-refractivity contribution in [2.75, 3.05) is 26.2 Å². The third kappa shape index (κ3) is 6.37. The van der Waals surface area contributed by atoms with E-state index in [2.05, 4.69) is 59.2 Å². The first-order chi connectivity index (χ1) is 21.5. The van der Waals surface area contributed by atoms with Crippen molar-refractivity contribution in [3.63, 3.8) is 0 Å². The lowest BCUT2D eigenvalue weighted by Gasteiger charge is -2.72. The monoisotopic (exact) mass is 679 g/mol. The summed E-state index contributed by atoms with van der Waals surface area (Å²) in [6.45, 7) is 27.5. The Bertz CT molecular complexity index is 1230. The molecule has 11 heteroatoms. The maximum Gasteiger partial charge on any atom is 0.508 e. The lowest BCUT2D eigenvalue weighted by molar-refractivity contribution is -0.369. The van der Waals surface area contributed by atoms with Crippen LogP contribution in [0.4, 0.5) is 4.79 Å². The second-order valence-electron chi connectivity index (χ2n) is 17.2. The van der Waals surface area contributed by atoms with E-state index in [0.717, 1.165) is 32.4 Å². The number of fused-ring (bicyclic) bond motifs is 3. The molecule has 2 aliphatic carbocycles. The standard InChI is InChI=1S/C36H61NO9Si/c1-13-33(8)22-24(38)36(41)34(9)25(45-47(11,12)31(3,4)5)18-19-32(6,7)28(34)27(43-26(39)23-37-20-16-15-17-21-37)29(35(36,10)46-33)44-30(40)42-14-2/h13,25,27-29,41H,1,14-23H2,2-12H3/t25-,27-,28-,29-,33-,34-,35+,36-/m0/s1. The molecule has 0 unspecified atom stereocenters. The van der Waals surface area contributed by atoms with E-state index >= 15 is 0 Å². The van der Waals surface area contributed by atoms with Gasteiger partial charge in [0.1, 0.15) is 11.7 Å². The Hall–Kier alpha value is -1.79. The lowest BCUT2D eigenvalue weighted by Crippen LogP contribution is -2.87. The molecule has 47 heavy (non-hydrogen) atoms. The molecule has 2 saturated heterocycles. The SMILES string of the molecule is C=C[C@@]1(C)CC(=O)[C@]2(O)[C@@]3(C)[C@@H](O[Si](C)(C)C(C)(C)C)CCC(C)(C)[C@@H]3[C@H](OC(=O)CN3CCCCC3)[C@H](OC(=O)OCC)[C@@]2(C)O1. The second kappa shape index (κ2) is 12.8. The van der Waals surface area contributed by atoms with Gasteiger partial charge in [-0.25, -0.2) is 4.79 Å². The summed E-state index contributed by atoms with van der Waals surface area (Å²) in [5.74, 6) is -1.57. The average Bonchev–Trinajstić information content (AvgIpc) is 2.95. The van der Waals surface area contributed by atoms with Crippen molar-refractivity contribution in [2.24, 2.45) is 16.7 Å². The average molecular weight is 680 g/mol. The fraction of sp³-hybridized carbons (Fsp3) is 0.861. The number of esters is 1. The smallest absolute Gasteiger partial charge is 0.457 e. The molecular weight excluding hydrogens is 618 g/mol. The highest BCUT2D eigenvalue weighted by molar-refractivity contribution is 6.74. The Morgan fingerprint density at radius 1 is 1.09 bits per heavy atom. The van der Waals surface area contributed by atoms with Gasteiger partial charge in [0.25, 0.3) is 0 Å². The number of ether oxygens (including phenoxy) is 4. The van der Waals surface area contributed by atoms with Gasteiger partial charge in [0.15, 0.2) is 25.8 Å². The van der Waals surface area contributed by atoms with E-state index in [-0.39, 0.29) is 24.6 Å². The van der Waals surface area contributed by atoms with Crippen LogP contribution < -0.4 is 0 Å². The molecule has 0 spiro atoms. The highest BCUT2D eigenvalue weighted by Gasteiger charge is 2.82. The number of likely N-dealkylation sites (tertiary alicyclic amines) is 1. The molecule has 0 amide bonds. The van der Waals surface area contributed by atoms with Gasteiger partial charge in [-0.05, 0) is 83.1 Å². The molecule has 268 valence electrons. The van der Waals surface area contributed by atoms with Crippen molar-refractivity contribution in [1.29, 1.82) is 0 Å². The van der Waals surface area contributed by atoms with Crippen LogP contribution in [0.25, 0.3) is 0 Å². The van der Waals surface area contributed by atoms with Gasteiger partial charge >= 0.3 is 12.1 Å². The van der Waals surface area contributed by atoms with Crippen LogP contribution in [0.1, 0.15) is 101 Å². The largest absolute Gasteiger partial charge is 0.508 e. The van der Waals surface area contributed by atoms with Crippen LogP contribution in [0.2, 0.25) is 18.1 Å². The Kier molecular flexibility index (Phi) is 10.4. The van der Waals surface area contributed by atoms with E-state index < -0.39 is 78.1 Å². The number of ketones is 1. The number of hydrogen-bond acceptors (Lipinski definition) is 10. The summed E-state index contributed by atoms with van der Waals surface area (Å²) in [6.07, 6.45) is 1.74. The zero-order chi connectivity index (χ0) is 35.4. The number of carbonyl (C=O) groups excluding carboxylic acids is 3. The second-order valence-corrected chi connectivity index (χ2v) is 22.0. The number of carbonyl (C=O) groups is 3. The number of Topliss-reactive ketones (excluding diaryl/α,β-unsaturated/α-hetero) is 1. The fourth-order valence-corrected chi connectivity index (χ4v) is 10.4. The molecule has 0 aromatic heterocycles. The van der Waals surface area contributed by atoms with E-state index in [4.69, 9.17) is 23.4 Å². The number of hydrogen-bond donors (Lipinski definition) is 1. The third-order valence-electron chi connectivity index (χ3n) is 12.5. The molecule has 4 rings (SSSR count). The van der Waals surface area contributed by atoms with E-state index in [0.29, 0.717) is 12.8 Å².